The van der Waals surface area contributed by atoms with Crippen LogP contribution in [0.3, 0.4) is 0 Å². The standard InChI is InChI=1S/C10H11N3O6.5H2O/c11-5-1-2-13(10(18)12-5)9-7(17)6(16)8(19-9)4(15)3-14;;;;;/h1-2,6-9,15-17H,(H2,11,12,18);5*1H2/t6-,7+,8+,9+;;;;;/m0...../s1. The Hall–Kier alpha value is -2.39. The third-order valence-electron chi connectivity index (χ3n) is 2.74. The fourth-order valence-electron chi connectivity index (χ4n) is 1.79. The number of rotatable bonds is 2. The van der Waals surface area contributed by atoms with Crippen LogP contribution in [0.1, 0.15) is 6.23 Å². The Balaban J connectivity index is -0.000000400. The van der Waals surface area contributed by atoms with Crippen molar-refractivity contribution >= 4 is 11.8 Å². The van der Waals surface area contributed by atoms with Crippen LogP contribution in [-0.2, 0) is 9.53 Å². The number of aliphatic hydroxyl groups excluding tert-OH is 3. The van der Waals surface area contributed by atoms with Crippen molar-refractivity contribution in [2.45, 2.75) is 24.5 Å². The Labute approximate surface area is 133 Å². The first-order valence-corrected chi connectivity index (χ1v) is 5.26. The molecule has 142 valence electrons. The highest BCUT2D eigenvalue weighted by Crippen LogP contribution is 2.30. The van der Waals surface area contributed by atoms with Crippen LogP contribution in [0.15, 0.2) is 22.8 Å². The number of nitrogens with two attached hydrogens (primary N) is 1. The van der Waals surface area contributed by atoms with Gasteiger partial charge in [0.25, 0.3) is 0 Å². The van der Waals surface area contributed by atoms with Gasteiger partial charge in [-0.2, -0.15) is 4.98 Å². The lowest BCUT2D eigenvalue weighted by Crippen LogP contribution is -2.35. The topological polar surface area (TPSA) is 305 Å². The molecule has 0 bridgehead atoms. The van der Waals surface area contributed by atoms with Crippen molar-refractivity contribution in [2.75, 3.05) is 5.73 Å². The summed E-state index contributed by atoms with van der Waals surface area (Å²) >= 11 is 0. The number of aromatic nitrogens is 2. The molecule has 14 heteroatoms. The second-order valence-corrected chi connectivity index (χ2v) is 3.96. The summed E-state index contributed by atoms with van der Waals surface area (Å²) in [7, 11) is 0. The minimum absolute atomic E-state index is 0. The largest absolute Gasteiger partial charge is 0.500 e. The third kappa shape index (κ3) is 5.07. The van der Waals surface area contributed by atoms with Crippen molar-refractivity contribution in [3.63, 3.8) is 0 Å². The number of hydrogen-bond donors (Lipinski definition) is 4. The average molecular weight is 359 g/mol. The van der Waals surface area contributed by atoms with Crippen LogP contribution in [-0.4, -0.2) is 76.5 Å². The lowest BCUT2D eigenvalue weighted by atomic mass is 10.1. The lowest BCUT2D eigenvalue weighted by Gasteiger charge is -2.16. The molecular weight excluding hydrogens is 338 g/mol. The van der Waals surface area contributed by atoms with Crippen molar-refractivity contribution in [1.82, 2.24) is 9.55 Å². The highest BCUT2D eigenvalue weighted by atomic mass is 16.6. The number of carbonyl (C=O) groups excluding carboxylic acids is 1. The molecule has 0 amide bonds. The van der Waals surface area contributed by atoms with Crippen LogP contribution in [0.25, 0.3) is 0 Å². The monoisotopic (exact) mass is 359 g/mol. The molecule has 0 aliphatic carbocycles. The summed E-state index contributed by atoms with van der Waals surface area (Å²) < 4.78 is 5.97. The molecule has 0 aromatic carbocycles. The van der Waals surface area contributed by atoms with Gasteiger partial charge in [0, 0.05) is 6.20 Å². The normalized spacial score (nSPS) is 23.8. The molecule has 15 N–H and O–H groups in total. The Bertz CT molecular complexity index is 600. The maximum absolute atomic E-state index is 11.6. The van der Waals surface area contributed by atoms with Gasteiger partial charge >= 0.3 is 5.69 Å². The molecule has 24 heavy (non-hydrogen) atoms. The summed E-state index contributed by atoms with van der Waals surface area (Å²) in [6.07, 6.45) is -4.63. The number of nitrogens with zero attached hydrogens (tertiary/aromatic N) is 2. The first kappa shape index (κ1) is 29.6. The van der Waals surface area contributed by atoms with Crippen LogP contribution < -0.4 is 11.4 Å². The molecular formula is C10H21N3O11. The number of ether oxygens (including phenoxy) is 1. The van der Waals surface area contributed by atoms with Crippen molar-refractivity contribution in [3.8, 4) is 0 Å². The number of anilines is 1. The van der Waals surface area contributed by atoms with Gasteiger partial charge in [0.15, 0.2) is 18.3 Å². The Morgan fingerprint density at radius 2 is 1.75 bits per heavy atom. The molecule has 1 aliphatic heterocycles. The van der Waals surface area contributed by atoms with Gasteiger partial charge in [-0.1, -0.05) is 0 Å². The summed E-state index contributed by atoms with van der Waals surface area (Å²) in [6, 6.07) is 1.30. The molecule has 2 heterocycles. The predicted octanol–water partition coefficient (Wildman–Crippen LogP) is -6.41. The molecule has 0 spiro atoms. The van der Waals surface area contributed by atoms with Crippen molar-refractivity contribution in [1.29, 1.82) is 0 Å². The maximum Gasteiger partial charge on any atom is 0.351 e. The Morgan fingerprint density at radius 3 is 2.21 bits per heavy atom. The molecule has 1 aliphatic rings. The summed E-state index contributed by atoms with van der Waals surface area (Å²) in [5.41, 5.74) is 4.51. The molecule has 0 saturated carbocycles. The van der Waals surface area contributed by atoms with Gasteiger partial charge in [0.05, 0.1) is 0 Å². The van der Waals surface area contributed by atoms with E-state index in [-0.39, 0.29) is 33.2 Å². The lowest BCUT2D eigenvalue weighted by molar-refractivity contribution is -0.0382. The van der Waals surface area contributed by atoms with Crippen molar-refractivity contribution in [3.05, 3.63) is 28.5 Å². The zero-order valence-corrected chi connectivity index (χ0v) is 12.0. The SMILES string of the molecule is Nc1ccn([C@@H]2O[C@H](C(O)=C=O)[C@@H](O)[C@H]2O)c(=O)n1.O.O.O.O.O. The smallest absolute Gasteiger partial charge is 0.351 e. The molecule has 1 saturated heterocycles. The fraction of sp³-hybridized carbons (Fsp3) is 0.400. The number of nitrogen functional groups attached to an aromatic ring is 1. The van der Waals surface area contributed by atoms with Gasteiger partial charge in [0.1, 0.15) is 18.0 Å². The zero-order chi connectivity index (χ0) is 14.2. The molecule has 2 rings (SSSR count). The summed E-state index contributed by atoms with van der Waals surface area (Å²) in [6.45, 7) is 0. The van der Waals surface area contributed by atoms with Crippen LogP contribution >= 0.6 is 0 Å². The highest BCUT2D eigenvalue weighted by molar-refractivity contribution is 5.51. The van der Waals surface area contributed by atoms with E-state index >= 15 is 0 Å². The predicted molar refractivity (Wildman–Crippen MR) is 78.7 cm³/mol. The van der Waals surface area contributed by atoms with E-state index in [0.29, 0.717) is 0 Å². The maximum atomic E-state index is 11.6. The quantitative estimate of drug-likeness (QED) is 0.289. The van der Waals surface area contributed by atoms with Gasteiger partial charge in [-0.3, -0.25) is 4.57 Å². The summed E-state index contributed by atoms with van der Waals surface area (Å²) in [5, 5.41) is 28.6. The van der Waals surface area contributed by atoms with E-state index in [1.165, 1.54) is 12.3 Å². The molecule has 1 aromatic rings. The van der Waals surface area contributed by atoms with Crippen molar-refractivity contribution in [2.24, 2.45) is 0 Å². The van der Waals surface area contributed by atoms with E-state index in [1.807, 2.05) is 0 Å². The van der Waals surface area contributed by atoms with E-state index in [4.69, 9.17) is 10.5 Å². The minimum Gasteiger partial charge on any atom is -0.500 e. The summed E-state index contributed by atoms with van der Waals surface area (Å²) in [4.78, 5) is 25.3. The van der Waals surface area contributed by atoms with Gasteiger partial charge < -0.3 is 53.2 Å². The molecule has 14 nitrogen and oxygen atoms in total. The number of aliphatic hydroxyl groups is 3. The highest BCUT2D eigenvalue weighted by Gasteiger charge is 2.46. The first-order chi connectivity index (χ1) is 8.95. The van der Waals surface area contributed by atoms with Crippen molar-refractivity contribution < 1.29 is 52.2 Å². The van der Waals surface area contributed by atoms with Crippen LogP contribution in [0.5, 0.6) is 0 Å². The molecule has 4 atom stereocenters. The van der Waals surface area contributed by atoms with Crippen LogP contribution in [0.4, 0.5) is 5.82 Å². The first-order valence-electron chi connectivity index (χ1n) is 5.26. The van der Waals surface area contributed by atoms with Gasteiger partial charge in [-0.15, -0.1) is 0 Å². The third-order valence-corrected chi connectivity index (χ3v) is 2.74. The van der Waals surface area contributed by atoms with Crippen LogP contribution in [0.2, 0.25) is 0 Å². The Kier molecular flexibility index (Phi) is 13.8. The Morgan fingerprint density at radius 1 is 1.21 bits per heavy atom. The fourth-order valence-corrected chi connectivity index (χ4v) is 1.79. The zero-order valence-electron chi connectivity index (χ0n) is 12.0. The van der Waals surface area contributed by atoms with E-state index in [2.05, 4.69) is 4.98 Å². The second kappa shape index (κ2) is 11.2. The van der Waals surface area contributed by atoms with Gasteiger partial charge in [0.2, 0.25) is 5.76 Å². The van der Waals surface area contributed by atoms with Gasteiger partial charge in [-0.25, -0.2) is 9.59 Å². The van der Waals surface area contributed by atoms with Crippen LogP contribution in [0, 0.1) is 0 Å². The number of hydrogen-bond acceptors (Lipinski definition) is 8. The molecule has 1 fully saturated rings. The molecule has 0 radical (unpaired) electrons. The minimum atomic E-state index is -1.57. The van der Waals surface area contributed by atoms with E-state index in [1.54, 1.807) is 0 Å². The molecule has 1 aromatic heterocycles. The average Bonchev–Trinajstić information content (AvgIpc) is 2.66. The molecule has 0 unspecified atom stereocenters. The van der Waals surface area contributed by atoms with Gasteiger partial charge in [-0.05, 0) is 6.07 Å². The van der Waals surface area contributed by atoms with E-state index < -0.39 is 36.0 Å². The summed E-state index contributed by atoms with van der Waals surface area (Å²) in [5.74, 6) is 0.246. The van der Waals surface area contributed by atoms with E-state index in [0.717, 1.165) is 10.5 Å². The second-order valence-electron chi connectivity index (χ2n) is 3.96. The van der Waals surface area contributed by atoms with E-state index in [9.17, 15) is 24.9 Å².